The van der Waals surface area contributed by atoms with Gasteiger partial charge in [-0.15, -0.1) is 0 Å². The Bertz CT molecular complexity index is 1220. The van der Waals surface area contributed by atoms with Crippen molar-refractivity contribution < 1.29 is 17.9 Å². The predicted molar refractivity (Wildman–Crippen MR) is 127 cm³/mol. The molecule has 1 heterocycles. The summed E-state index contributed by atoms with van der Waals surface area (Å²) in [6.45, 7) is 1.32. The Balaban J connectivity index is 1.57. The Hall–Kier alpha value is -3.09. The van der Waals surface area contributed by atoms with Gasteiger partial charge in [0.15, 0.2) is 21.3 Å². The van der Waals surface area contributed by atoms with Crippen molar-refractivity contribution in [3.05, 3.63) is 95.1 Å². The summed E-state index contributed by atoms with van der Waals surface area (Å²) in [5.41, 5.74) is 4.30. The SMILES string of the molecule is COc1cc2c(cc1OCc1ccccc1)CCNC2C=Cc1cccc(S(C)(=O)=O)c1. The number of ether oxygens (including phenoxy) is 2. The first-order chi connectivity index (χ1) is 15.4. The molecule has 3 aromatic carbocycles. The van der Waals surface area contributed by atoms with Gasteiger partial charge in [-0.25, -0.2) is 8.42 Å². The Kier molecular flexibility index (Phi) is 6.63. The van der Waals surface area contributed by atoms with Gasteiger partial charge in [-0.05, 0) is 52.9 Å². The van der Waals surface area contributed by atoms with Crippen molar-refractivity contribution in [2.75, 3.05) is 19.9 Å². The molecule has 0 spiro atoms. The molecule has 1 unspecified atom stereocenters. The van der Waals surface area contributed by atoms with Crippen LogP contribution in [0.4, 0.5) is 0 Å². The first kappa shape index (κ1) is 22.1. The molecule has 0 bridgehead atoms. The van der Waals surface area contributed by atoms with Gasteiger partial charge in [-0.1, -0.05) is 54.6 Å². The summed E-state index contributed by atoms with van der Waals surface area (Å²) < 4.78 is 35.4. The third-order valence-electron chi connectivity index (χ3n) is 5.52. The van der Waals surface area contributed by atoms with Crippen molar-refractivity contribution in [2.24, 2.45) is 0 Å². The van der Waals surface area contributed by atoms with E-state index in [0.717, 1.165) is 35.4 Å². The number of methoxy groups -OCH3 is 1. The van der Waals surface area contributed by atoms with E-state index in [0.29, 0.717) is 17.3 Å². The monoisotopic (exact) mass is 449 g/mol. The van der Waals surface area contributed by atoms with Crippen LogP contribution in [0, 0.1) is 0 Å². The molecule has 32 heavy (non-hydrogen) atoms. The topological polar surface area (TPSA) is 64.6 Å². The molecule has 4 rings (SSSR count). The summed E-state index contributed by atoms with van der Waals surface area (Å²) in [5, 5.41) is 3.52. The van der Waals surface area contributed by atoms with Gasteiger partial charge in [0.2, 0.25) is 0 Å². The van der Waals surface area contributed by atoms with Crippen molar-refractivity contribution >= 4 is 15.9 Å². The Morgan fingerprint density at radius 2 is 1.84 bits per heavy atom. The van der Waals surface area contributed by atoms with Crippen molar-refractivity contribution in [3.63, 3.8) is 0 Å². The van der Waals surface area contributed by atoms with Crippen molar-refractivity contribution in [1.82, 2.24) is 5.32 Å². The zero-order valence-electron chi connectivity index (χ0n) is 18.2. The van der Waals surface area contributed by atoms with Crippen LogP contribution >= 0.6 is 0 Å². The molecule has 0 aliphatic carbocycles. The molecule has 1 N–H and O–H groups in total. The highest BCUT2D eigenvalue weighted by Gasteiger charge is 2.21. The van der Waals surface area contributed by atoms with E-state index in [-0.39, 0.29) is 6.04 Å². The lowest BCUT2D eigenvalue weighted by atomic mass is 9.93. The minimum atomic E-state index is -3.24. The number of benzene rings is 3. The fourth-order valence-corrected chi connectivity index (χ4v) is 4.51. The Labute approximate surface area is 189 Å². The number of fused-ring (bicyclic) bond motifs is 1. The Morgan fingerprint density at radius 3 is 2.59 bits per heavy atom. The highest BCUT2D eigenvalue weighted by Crippen LogP contribution is 2.36. The molecule has 0 radical (unpaired) electrons. The smallest absolute Gasteiger partial charge is 0.175 e. The third kappa shape index (κ3) is 5.21. The molecule has 1 aliphatic rings. The number of sulfone groups is 1. The van der Waals surface area contributed by atoms with Crippen molar-refractivity contribution in [2.45, 2.75) is 24.0 Å². The van der Waals surface area contributed by atoms with Crippen LogP contribution in [-0.2, 0) is 22.9 Å². The van der Waals surface area contributed by atoms with Gasteiger partial charge in [-0.3, -0.25) is 0 Å². The summed E-state index contributed by atoms with van der Waals surface area (Å²) in [7, 11) is -1.59. The zero-order chi connectivity index (χ0) is 22.6. The summed E-state index contributed by atoms with van der Waals surface area (Å²) in [5.74, 6) is 1.43. The van der Waals surface area contributed by atoms with Crippen LogP contribution in [0.5, 0.6) is 11.5 Å². The molecule has 0 saturated heterocycles. The molecule has 1 atom stereocenters. The average Bonchev–Trinajstić information content (AvgIpc) is 2.81. The molecule has 3 aromatic rings. The van der Waals surface area contributed by atoms with Crippen LogP contribution in [-0.4, -0.2) is 28.3 Å². The van der Waals surface area contributed by atoms with Gasteiger partial charge in [0.1, 0.15) is 6.61 Å². The molecule has 1 aliphatic heterocycles. The summed E-state index contributed by atoms with van der Waals surface area (Å²) in [6, 6.07) is 21.1. The van der Waals surface area contributed by atoms with E-state index in [4.69, 9.17) is 9.47 Å². The second-order valence-corrected chi connectivity index (χ2v) is 9.88. The largest absolute Gasteiger partial charge is 0.493 e. The fourth-order valence-electron chi connectivity index (χ4n) is 3.83. The average molecular weight is 450 g/mol. The second-order valence-electron chi connectivity index (χ2n) is 7.86. The summed E-state index contributed by atoms with van der Waals surface area (Å²) in [4.78, 5) is 0.318. The van der Waals surface area contributed by atoms with E-state index >= 15 is 0 Å². The Morgan fingerprint density at radius 1 is 1.03 bits per heavy atom. The van der Waals surface area contributed by atoms with Gasteiger partial charge >= 0.3 is 0 Å². The van der Waals surface area contributed by atoms with Crippen molar-refractivity contribution in [1.29, 1.82) is 0 Å². The maximum absolute atomic E-state index is 11.8. The van der Waals surface area contributed by atoms with Gasteiger partial charge in [0, 0.05) is 12.8 Å². The molecule has 0 saturated carbocycles. The highest BCUT2D eigenvalue weighted by atomic mass is 32.2. The lowest BCUT2D eigenvalue weighted by Gasteiger charge is -2.26. The lowest BCUT2D eigenvalue weighted by molar-refractivity contribution is 0.283. The molecule has 0 amide bonds. The molecular formula is C26H27NO4S. The normalized spacial score (nSPS) is 16.0. The first-order valence-corrected chi connectivity index (χ1v) is 12.4. The maximum atomic E-state index is 11.8. The zero-order valence-corrected chi connectivity index (χ0v) is 19.1. The lowest BCUT2D eigenvalue weighted by Crippen LogP contribution is -2.28. The number of nitrogens with one attached hydrogen (secondary N) is 1. The summed E-state index contributed by atoms with van der Waals surface area (Å²) >= 11 is 0. The van der Waals surface area contributed by atoms with Crippen LogP contribution in [0.3, 0.4) is 0 Å². The number of hydrogen-bond acceptors (Lipinski definition) is 5. The van der Waals surface area contributed by atoms with E-state index in [2.05, 4.69) is 17.5 Å². The minimum Gasteiger partial charge on any atom is -0.493 e. The molecule has 166 valence electrons. The molecule has 0 aromatic heterocycles. The standard InChI is InChI=1S/C26H27NO4S/c1-30-25-17-23-21(16-26(25)31-18-20-7-4-3-5-8-20)13-14-27-24(23)12-11-19-9-6-10-22(15-19)32(2,28)29/h3-12,15-17,24,27H,13-14,18H2,1-2H3. The van der Waals surface area contributed by atoms with Gasteiger partial charge in [0.05, 0.1) is 18.0 Å². The van der Waals surface area contributed by atoms with Crippen LogP contribution in [0.2, 0.25) is 0 Å². The van der Waals surface area contributed by atoms with E-state index in [9.17, 15) is 8.42 Å². The quantitative estimate of drug-likeness (QED) is 0.572. The van der Waals surface area contributed by atoms with E-state index in [1.165, 1.54) is 11.8 Å². The predicted octanol–water partition coefficient (Wildman–Crippen LogP) is 4.58. The minimum absolute atomic E-state index is 0.00212. The maximum Gasteiger partial charge on any atom is 0.175 e. The number of hydrogen-bond donors (Lipinski definition) is 1. The van der Waals surface area contributed by atoms with Crippen LogP contribution in [0.1, 0.15) is 28.3 Å². The molecular weight excluding hydrogens is 422 g/mol. The van der Waals surface area contributed by atoms with Crippen molar-refractivity contribution in [3.8, 4) is 11.5 Å². The highest BCUT2D eigenvalue weighted by molar-refractivity contribution is 7.90. The number of rotatable bonds is 7. The molecule has 5 nitrogen and oxygen atoms in total. The van der Waals surface area contributed by atoms with Gasteiger partial charge in [-0.2, -0.15) is 0 Å². The van der Waals surface area contributed by atoms with Gasteiger partial charge in [0.25, 0.3) is 0 Å². The van der Waals surface area contributed by atoms with Crippen LogP contribution in [0.15, 0.2) is 77.7 Å². The summed E-state index contributed by atoms with van der Waals surface area (Å²) in [6.07, 6.45) is 6.13. The molecule has 0 fully saturated rings. The molecule has 6 heteroatoms. The van der Waals surface area contributed by atoms with E-state index < -0.39 is 9.84 Å². The van der Waals surface area contributed by atoms with Crippen LogP contribution < -0.4 is 14.8 Å². The van der Waals surface area contributed by atoms with Crippen LogP contribution in [0.25, 0.3) is 6.08 Å². The van der Waals surface area contributed by atoms with E-state index in [1.807, 2.05) is 48.5 Å². The fraction of sp³-hybridized carbons (Fsp3) is 0.231. The third-order valence-corrected chi connectivity index (χ3v) is 6.63. The second kappa shape index (κ2) is 9.59. The van der Waals surface area contributed by atoms with Gasteiger partial charge < -0.3 is 14.8 Å². The van der Waals surface area contributed by atoms with E-state index in [1.54, 1.807) is 25.3 Å². The first-order valence-electron chi connectivity index (χ1n) is 10.5.